The summed E-state index contributed by atoms with van der Waals surface area (Å²) in [6.07, 6.45) is -0.521. The van der Waals surface area contributed by atoms with E-state index < -0.39 is 6.23 Å². The third kappa shape index (κ3) is 3.81. The minimum Gasteiger partial charge on any atom is -0.497 e. The Morgan fingerprint density at radius 1 is 0.870 bits per heavy atom. The van der Waals surface area contributed by atoms with Gasteiger partial charge in [0.2, 0.25) is 5.91 Å². The van der Waals surface area contributed by atoms with E-state index in [1.165, 1.54) is 6.92 Å². The quantitative estimate of drug-likeness (QED) is 0.767. The van der Waals surface area contributed by atoms with Crippen LogP contribution < -0.4 is 14.4 Å². The lowest BCUT2D eigenvalue weighted by atomic mass is 10.1. The van der Waals surface area contributed by atoms with Crippen LogP contribution in [0.4, 0.5) is 5.69 Å². The zero-order valence-corrected chi connectivity index (χ0v) is 13.8. The molecule has 23 heavy (non-hydrogen) atoms. The second-order valence-corrected chi connectivity index (χ2v) is 4.95. The van der Waals surface area contributed by atoms with E-state index in [9.17, 15) is 4.79 Å². The molecular weight excluding hydrogens is 294 g/mol. The van der Waals surface area contributed by atoms with E-state index in [0.29, 0.717) is 0 Å². The maximum atomic E-state index is 12.2. The first-order valence-electron chi connectivity index (χ1n) is 7.21. The number of carbonyl (C=O) groups is 1. The van der Waals surface area contributed by atoms with E-state index in [2.05, 4.69) is 0 Å². The predicted octanol–water partition coefficient (Wildman–Crippen LogP) is 3.40. The number of hydrogen-bond donors (Lipinski definition) is 0. The summed E-state index contributed by atoms with van der Waals surface area (Å²) in [7, 11) is 4.80. The zero-order chi connectivity index (χ0) is 16.8. The molecule has 0 fully saturated rings. The summed E-state index contributed by atoms with van der Waals surface area (Å²) in [5.74, 6) is 1.37. The third-order valence-corrected chi connectivity index (χ3v) is 3.55. The maximum absolute atomic E-state index is 12.2. The molecule has 1 amide bonds. The van der Waals surface area contributed by atoms with Crippen LogP contribution in [-0.2, 0) is 9.53 Å². The third-order valence-electron chi connectivity index (χ3n) is 3.55. The molecule has 5 heteroatoms. The van der Waals surface area contributed by atoms with E-state index in [4.69, 9.17) is 14.2 Å². The number of hydrogen-bond acceptors (Lipinski definition) is 4. The first kappa shape index (κ1) is 16.8. The van der Waals surface area contributed by atoms with Crippen LogP contribution in [-0.4, -0.2) is 27.2 Å². The van der Waals surface area contributed by atoms with Crippen LogP contribution in [0.25, 0.3) is 0 Å². The summed E-state index contributed by atoms with van der Waals surface area (Å²) in [6.45, 7) is 1.51. The zero-order valence-electron chi connectivity index (χ0n) is 13.8. The van der Waals surface area contributed by atoms with Crippen LogP contribution in [0.5, 0.6) is 11.5 Å². The molecule has 0 saturated carbocycles. The van der Waals surface area contributed by atoms with Crippen LogP contribution in [0.3, 0.4) is 0 Å². The van der Waals surface area contributed by atoms with Gasteiger partial charge < -0.3 is 14.2 Å². The Balaban J connectivity index is 2.37. The van der Waals surface area contributed by atoms with E-state index in [1.54, 1.807) is 26.2 Å². The van der Waals surface area contributed by atoms with Crippen LogP contribution in [0, 0.1) is 0 Å². The molecule has 0 spiro atoms. The van der Waals surface area contributed by atoms with Gasteiger partial charge in [-0.3, -0.25) is 9.69 Å². The van der Waals surface area contributed by atoms with Crippen molar-refractivity contribution in [1.29, 1.82) is 0 Å². The second-order valence-electron chi connectivity index (χ2n) is 4.95. The molecule has 0 bridgehead atoms. The summed E-state index contributed by atoms with van der Waals surface area (Å²) >= 11 is 0. The predicted molar refractivity (Wildman–Crippen MR) is 88.9 cm³/mol. The Bertz CT molecular complexity index is 637. The molecule has 0 aliphatic heterocycles. The number of carbonyl (C=O) groups excluding carboxylic acids is 1. The molecule has 0 radical (unpaired) electrons. The van der Waals surface area contributed by atoms with Crippen molar-refractivity contribution in [2.75, 3.05) is 26.2 Å². The van der Waals surface area contributed by atoms with Crippen molar-refractivity contribution in [2.24, 2.45) is 0 Å². The molecule has 5 nitrogen and oxygen atoms in total. The van der Waals surface area contributed by atoms with Gasteiger partial charge >= 0.3 is 0 Å². The van der Waals surface area contributed by atoms with Gasteiger partial charge in [0.25, 0.3) is 0 Å². The Labute approximate surface area is 136 Å². The molecule has 0 heterocycles. The Morgan fingerprint density at radius 3 is 1.74 bits per heavy atom. The first-order valence-corrected chi connectivity index (χ1v) is 7.21. The number of anilines is 1. The highest BCUT2D eigenvalue weighted by molar-refractivity contribution is 5.92. The van der Waals surface area contributed by atoms with Gasteiger partial charge in [-0.25, -0.2) is 0 Å². The number of nitrogens with zero attached hydrogens (tertiary/aromatic N) is 1. The van der Waals surface area contributed by atoms with Gasteiger partial charge in [0, 0.05) is 25.3 Å². The van der Waals surface area contributed by atoms with Crippen LogP contribution in [0.1, 0.15) is 18.7 Å². The van der Waals surface area contributed by atoms with E-state index in [0.717, 1.165) is 22.7 Å². The van der Waals surface area contributed by atoms with Crippen LogP contribution in [0.2, 0.25) is 0 Å². The van der Waals surface area contributed by atoms with E-state index in [1.807, 2.05) is 48.5 Å². The Hall–Kier alpha value is -2.53. The molecule has 0 aromatic heterocycles. The van der Waals surface area contributed by atoms with Gasteiger partial charge in [-0.05, 0) is 36.4 Å². The monoisotopic (exact) mass is 315 g/mol. The van der Waals surface area contributed by atoms with Crippen molar-refractivity contribution >= 4 is 11.6 Å². The molecule has 122 valence electrons. The SMILES string of the molecule is COc1ccc(C(OC)N(C(C)=O)c2ccc(OC)cc2)cc1. The van der Waals surface area contributed by atoms with E-state index >= 15 is 0 Å². The van der Waals surface area contributed by atoms with Crippen LogP contribution >= 0.6 is 0 Å². The number of methoxy groups -OCH3 is 3. The topological polar surface area (TPSA) is 48.0 Å². The van der Waals surface area contributed by atoms with Gasteiger partial charge in [0.15, 0.2) is 6.23 Å². The molecule has 0 N–H and O–H groups in total. The van der Waals surface area contributed by atoms with Gasteiger partial charge in [-0.2, -0.15) is 0 Å². The second kappa shape index (κ2) is 7.65. The minimum absolute atomic E-state index is 0.113. The van der Waals surface area contributed by atoms with Crippen LogP contribution in [0.15, 0.2) is 48.5 Å². The number of ether oxygens (including phenoxy) is 3. The van der Waals surface area contributed by atoms with Gasteiger partial charge in [-0.1, -0.05) is 12.1 Å². The molecule has 2 rings (SSSR count). The van der Waals surface area contributed by atoms with E-state index in [-0.39, 0.29) is 5.91 Å². The highest BCUT2D eigenvalue weighted by atomic mass is 16.5. The highest BCUT2D eigenvalue weighted by Crippen LogP contribution is 2.30. The summed E-state index contributed by atoms with van der Waals surface area (Å²) in [4.78, 5) is 13.8. The fraction of sp³-hybridized carbons (Fsp3) is 0.278. The Kier molecular flexibility index (Phi) is 5.60. The largest absolute Gasteiger partial charge is 0.497 e. The van der Waals surface area contributed by atoms with Crippen molar-refractivity contribution in [3.63, 3.8) is 0 Å². The number of rotatable bonds is 6. The molecule has 2 aromatic rings. The minimum atomic E-state index is -0.521. The lowest BCUT2D eigenvalue weighted by molar-refractivity contribution is -0.119. The molecule has 2 aromatic carbocycles. The lowest BCUT2D eigenvalue weighted by Gasteiger charge is -2.30. The van der Waals surface area contributed by atoms with Crippen molar-refractivity contribution < 1.29 is 19.0 Å². The number of amides is 1. The lowest BCUT2D eigenvalue weighted by Crippen LogP contribution is -2.34. The molecule has 0 saturated heterocycles. The summed E-state index contributed by atoms with van der Waals surface area (Å²) in [6, 6.07) is 14.7. The normalized spacial score (nSPS) is 11.7. The fourth-order valence-electron chi connectivity index (χ4n) is 2.38. The molecule has 0 aliphatic carbocycles. The smallest absolute Gasteiger partial charge is 0.226 e. The molecule has 1 atom stereocenters. The van der Waals surface area contributed by atoms with Crippen molar-refractivity contribution in [3.05, 3.63) is 54.1 Å². The molecule has 0 aliphatic rings. The van der Waals surface area contributed by atoms with Gasteiger partial charge in [0.05, 0.1) is 14.2 Å². The summed E-state index contributed by atoms with van der Waals surface area (Å²) < 4.78 is 15.9. The Morgan fingerprint density at radius 2 is 1.35 bits per heavy atom. The van der Waals surface area contributed by atoms with Crippen molar-refractivity contribution in [2.45, 2.75) is 13.2 Å². The maximum Gasteiger partial charge on any atom is 0.226 e. The van der Waals surface area contributed by atoms with Gasteiger partial charge in [0.1, 0.15) is 11.5 Å². The first-order chi connectivity index (χ1) is 11.1. The van der Waals surface area contributed by atoms with Crippen molar-refractivity contribution in [1.82, 2.24) is 0 Å². The van der Waals surface area contributed by atoms with Crippen molar-refractivity contribution in [3.8, 4) is 11.5 Å². The molecule has 1 unspecified atom stereocenters. The summed E-state index contributed by atoms with van der Waals surface area (Å²) in [5.41, 5.74) is 1.60. The highest BCUT2D eigenvalue weighted by Gasteiger charge is 2.24. The number of benzene rings is 2. The fourth-order valence-corrected chi connectivity index (χ4v) is 2.38. The standard InChI is InChI=1S/C18H21NO4/c1-13(20)19(15-7-11-17(22-3)12-8-15)18(23-4)14-5-9-16(21-2)10-6-14/h5-12,18H,1-4H3. The summed E-state index contributed by atoms with van der Waals surface area (Å²) in [5, 5.41) is 0. The van der Waals surface area contributed by atoms with Gasteiger partial charge in [-0.15, -0.1) is 0 Å². The average Bonchev–Trinajstić information content (AvgIpc) is 2.59. The average molecular weight is 315 g/mol. The molecular formula is C18H21NO4.